The van der Waals surface area contributed by atoms with Gasteiger partial charge in [0.1, 0.15) is 0 Å². The lowest BCUT2D eigenvalue weighted by molar-refractivity contribution is 0.0844. The van der Waals surface area contributed by atoms with Gasteiger partial charge in [-0.15, -0.1) is 0 Å². The second-order valence-electron chi connectivity index (χ2n) is 4.72. The van der Waals surface area contributed by atoms with Gasteiger partial charge in [-0.3, -0.25) is 9.78 Å². The standard InChI is InChI=1S/C10H12N8O2/c11-10-14-8-7(9(20)15-10)13-3-18(8)5-1-4(2-19)6(5)16-17-12/h3-6,19H,1-2H2,(H3,11,14,15,20)/t4-,5-,6-/m1/s1. The number of aromatic amines is 1. The van der Waals surface area contributed by atoms with Crippen LogP contribution in [0.4, 0.5) is 5.95 Å². The van der Waals surface area contributed by atoms with E-state index in [1.165, 1.54) is 6.33 Å². The Balaban J connectivity index is 2.07. The molecule has 1 aliphatic carbocycles. The number of nitrogens with one attached hydrogen (secondary N) is 1. The third-order valence-corrected chi connectivity index (χ3v) is 3.65. The van der Waals surface area contributed by atoms with Crippen LogP contribution in [0.3, 0.4) is 0 Å². The van der Waals surface area contributed by atoms with E-state index in [0.717, 1.165) is 0 Å². The van der Waals surface area contributed by atoms with E-state index in [9.17, 15) is 9.90 Å². The highest BCUT2D eigenvalue weighted by atomic mass is 16.3. The van der Waals surface area contributed by atoms with Gasteiger partial charge >= 0.3 is 0 Å². The van der Waals surface area contributed by atoms with Gasteiger partial charge in [0.25, 0.3) is 5.56 Å². The molecule has 3 atom stereocenters. The van der Waals surface area contributed by atoms with Gasteiger partial charge in [-0.25, -0.2) is 4.98 Å². The third-order valence-electron chi connectivity index (χ3n) is 3.65. The van der Waals surface area contributed by atoms with Gasteiger partial charge in [0.15, 0.2) is 11.2 Å². The number of nitrogens with two attached hydrogens (primary N) is 1. The van der Waals surface area contributed by atoms with Crippen LogP contribution in [0.15, 0.2) is 16.2 Å². The number of azide groups is 1. The van der Waals surface area contributed by atoms with Crippen LogP contribution in [0, 0.1) is 5.92 Å². The molecule has 0 aliphatic heterocycles. The molecule has 1 fully saturated rings. The Labute approximate surface area is 111 Å². The van der Waals surface area contributed by atoms with Gasteiger partial charge in [0.2, 0.25) is 5.95 Å². The molecule has 0 bridgehead atoms. The molecule has 2 heterocycles. The predicted molar refractivity (Wildman–Crippen MR) is 69.7 cm³/mol. The molecule has 104 valence electrons. The zero-order chi connectivity index (χ0) is 14.3. The number of aliphatic hydroxyl groups excluding tert-OH is 1. The number of nitrogens with zero attached hydrogens (tertiary/aromatic N) is 6. The van der Waals surface area contributed by atoms with E-state index in [4.69, 9.17) is 11.3 Å². The Morgan fingerprint density at radius 2 is 2.50 bits per heavy atom. The molecule has 1 aliphatic rings. The number of rotatable bonds is 3. The quantitative estimate of drug-likeness (QED) is 0.406. The number of H-pyrrole nitrogens is 1. The maximum atomic E-state index is 11.7. The number of anilines is 1. The molecule has 0 aromatic carbocycles. The minimum absolute atomic E-state index is 0.00242. The van der Waals surface area contributed by atoms with E-state index in [0.29, 0.717) is 12.1 Å². The predicted octanol–water partition coefficient (Wildman–Crippen LogP) is -0.0660. The van der Waals surface area contributed by atoms with Crippen LogP contribution in [-0.4, -0.2) is 37.3 Å². The first-order valence-corrected chi connectivity index (χ1v) is 6.03. The van der Waals surface area contributed by atoms with Crippen LogP contribution in [-0.2, 0) is 0 Å². The summed E-state index contributed by atoms with van der Waals surface area (Å²) < 4.78 is 1.67. The number of aliphatic hydroxyl groups is 1. The molecule has 0 spiro atoms. The van der Waals surface area contributed by atoms with Gasteiger partial charge in [0.05, 0.1) is 12.4 Å². The zero-order valence-corrected chi connectivity index (χ0v) is 10.3. The fourth-order valence-corrected chi connectivity index (χ4v) is 2.58. The van der Waals surface area contributed by atoms with Crippen molar-refractivity contribution in [3.05, 3.63) is 27.1 Å². The molecule has 0 saturated heterocycles. The summed E-state index contributed by atoms with van der Waals surface area (Å²) in [6, 6.07) is -0.563. The maximum absolute atomic E-state index is 11.7. The van der Waals surface area contributed by atoms with Gasteiger partial charge in [-0.05, 0) is 17.9 Å². The van der Waals surface area contributed by atoms with Crippen molar-refractivity contribution in [2.75, 3.05) is 12.3 Å². The molecule has 0 radical (unpaired) electrons. The van der Waals surface area contributed by atoms with Crippen molar-refractivity contribution < 1.29 is 5.11 Å². The summed E-state index contributed by atoms with van der Waals surface area (Å²) in [6.45, 7) is -0.0526. The molecule has 0 amide bonds. The highest BCUT2D eigenvalue weighted by Crippen LogP contribution is 2.41. The van der Waals surface area contributed by atoms with Crippen molar-refractivity contribution in [1.29, 1.82) is 0 Å². The second kappa shape index (κ2) is 4.51. The number of fused-ring (bicyclic) bond motifs is 1. The molecule has 20 heavy (non-hydrogen) atoms. The summed E-state index contributed by atoms with van der Waals surface area (Å²) in [7, 11) is 0. The Hall–Kier alpha value is -2.58. The van der Waals surface area contributed by atoms with Crippen molar-refractivity contribution in [2.24, 2.45) is 11.0 Å². The minimum atomic E-state index is -0.412. The monoisotopic (exact) mass is 276 g/mol. The first-order valence-electron chi connectivity index (χ1n) is 6.03. The molecule has 3 rings (SSSR count). The lowest BCUT2D eigenvalue weighted by Gasteiger charge is -2.41. The highest BCUT2D eigenvalue weighted by molar-refractivity contribution is 5.70. The Bertz CT molecular complexity index is 758. The van der Waals surface area contributed by atoms with Crippen LogP contribution in [0.2, 0.25) is 0 Å². The van der Waals surface area contributed by atoms with E-state index in [-0.39, 0.29) is 36.1 Å². The van der Waals surface area contributed by atoms with Crippen molar-refractivity contribution in [2.45, 2.75) is 18.5 Å². The number of nitrogen functional groups attached to an aromatic ring is 1. The van der Waals surface area contributed by atoms with Crippen LogP contribution < -0.4 is 11.3 Å². The second-order valence-corrected chi connectivity index (χ2v) is 4.72. The van der Waals surface area contributed by atoms with Crippen LogP contribution in [0.5, 0.6) is 0 Å². The average molecular weight is 276 g/mol. The lowest BCUT2D eigenvalue weighted by Crippen LogP contribution is -2.43. The Morgan fingerprint density at radius 3 is 3.20 bits per heavy atom. The molecule has 4 N–H and O–H groups in total. The number of imidazole rings is 1. The van der Waals surface area contributed by atoms with Crippen molar-refractivity contribution in [3.63, 3.8) is 0 Å². The third kappa shape index (κ3) is 1.70. The SMILES string of the molecule is [N-]=[N+]=N[C@@H]1[C@@H](CO)C[C@H]1n1cnc2c(=O)[nH]c(N)nc21. The first-order chi connectivity index (χ1) is 9.65. The molecule has 0 unspecified atom stereocenters. The summed E-state index contributed by atoms with van der Waals surface area (Å²) in [5.41, 5.74) is 14.2. The smallest absolute Gasteiger partial charge is 0.280 e. The largest absolute Gasteiger partial charge is 0.396 e. The summed E-state index contributed by atoms with van der Waals surface area (Å²) in [6.07, 6.45) is 2.10. The fourth-order valence-electron chi connectivity index (χ4n) is 2.58. The number of aromatic nitrogens is 4. The van der Waals surface area contributed by atoms with Gasteiger partial charge in [0, 0.05) is 17.6 Å². The van der Waals surface area contributed by atoms with Crippen LogP contribution in [0.1, 0.15) is 12.5 Å². The molecular formula is C10H12N8O2. The Kier molecular flexibility index (Phi) is 2.81. The van der Waals surface area contributed by atoms with Crippen molar-refractivity contribution in [1.82, 2.24) is 19.5 Å². The molecule has 1 saturated carbocycles. The average Bonchev–Trinajstić information content (AvgIpc) is 2.79. The number of hydrogen-bond donors (Lipinski definition) is 3. The van der Waals surface area contributed by atoms with Crippen molar-refractivity contribution >= 4 is 17.1 Å². The first kappa shape index (κ1) is 12.5. The van der Waals surface area contributed by atoms with Crippen LogP contribution in [0.25, 0.3) is 21.6 Å². The topological polar surface area (TPSA) is 159 Å². The molecular weight excluding hydrogens is 264 g/mol. The van der Waals surface area contributed by atoms with E-state index in [1.54, 1.807) is 4.57 Å². The van der Waals surface area contributed by atoms with E-state index < -0.39 is 5.56 Å². The normalized spacial score (nSPS) is 25.1. The molecule has 10 nitrogen and oxygen atoms in total. The Morgan fingerprint density at radius 1 is 1.70 bits per heavy atom. The summed E-state index contributed by atoms with van der Waals surface area (Å²) >= 11 is 0. The zero-order valence-electron chi connectivity index (χ0n) is 10.3. The fraction of sp³-hybridized carbons (Fsp3) is 0.500. The van der Waals surface area contributed by atoms with Crippen molar-refractivity contribution in [3.8, 4) is 0 Å². The van der Waals surface area contributed by atoms with Gasteiger partial charge in [-0.1, -0.05) is 5.11 Å². The minimum Gasteiger partial charge on any atom is -0.396 e. The van der Waals surface area contributed by atoms with E-state index >= 15 is 0 Å². The summed E-state index contributed by atoms with van der Waals surface area (Å²) in [5, 5.41) is 12.9. The van der Waals surface area contributed by atoms with Gasteiger partial charge < -0.3 is 15.4 Å². The van der Waals surface area contributed by atoms with Crippen LogP contribution >= 0.6 is 0 Å². The van der Waals surface area contributed by atoms with Gasteiger partial charge in [-0.2, -0.15) is 4.98 Å². The van der Waals surface area contributed by atoms with E-state index in [1.807, 2.05) is 0 Å². The number of hydrogen-bond acceptors (Lipinski definition) is 6. The molecule has 2 aromatic heterocycles. The highest BCUT2D eigenvalue weighted by Gasteiger charge is 2.42. The van der Waals surface area contributed by atoms with E-state index in [2.05, 4.69) is 25.0 Å². The summed E-state index contributed by atoms with van der Waals surface area (Å²) in [5.74, 6) is -0.0877. The molecule has 10 heteroatoms. The molecule has 2 aromatic rings. The summed E-state index contributed by atoms with van der Waals surface area (Å²) in [4.78, 5) is 24.9. The maximum Gasteiger partial charge on any atom is 0.280 e. The lowest BCUT2D eigenvalue weighted by atomic mass is 9.75.